The van der Waals surface area contributed by atoms with Gasteiger partial charge in [-0.2, -0.15) is 0 Å². The highest BCUT2D eigenvalue weighted by Crippen LogP contribution is 2.15. The van der Waals surface area contributed by atoms with Gasteiger partial charge in [0, 0.05) is 0 Å². The van der Waals surface area contributed by atoms with Crippen LogP contribution in [0.4, 0.5) is 0 Å². The summed E-state index contributed by atoms with van der Waals surface area (Å²) in [6, 6.07) is 0. The van der Waals surface area contributed by atoms with Gasteiger partial charge < -0.3 is 4.74 Å². The summed E-state index contributed by atoms with van der Waals surface area (Å²) in [5, 5.41) is 0. The third-order valence-corrected chi connectivity index (χ3v) is 5.71. The lowest BCUT2D eigenvalue weighted by molar-refractivity contribution is 0.0620. The molecular weight excluding hydrogens is 400 g/mol. The molecule has 1 nitrogen and oxygen atoms in total. The van der Waals surface area contributed by atoms with Crippen LogP contribution in [0.5, 0.6) is 0 Å². The van der Waals surface area contributed by atoms with Crippen molar-refractivity contribution in [2.45, 2.75) is 133 Å². The minimum atomic E-state index is 0.143. The largest absolute Gasteiger partial charge is 0.367 e. The number of hydrogen-bond acceptors (Lipinski definition) is 1. The molecule has 0 saturated carbocycles. The first-order chi connectivity index (χ1) is 15.5. The molecule has 188 valence electrons. The molecule has 0 heterocycles. The fraction of sp³-hybridized carbons (Fsp3) is 0.625. The first kappa shape index (κ1) is 31.4. The summed E-state index contributed by atoms with van der Waals surface area (Å²) in [5.41, 5.74) is 8.64. The van der Waals surface area contributed by atoms with Crippen LogP contribution in [0, 0.1) is 0 Å². The summed E-state index contributed by atoms with van der Waals surface area (Å²) in [6.07, 6.45) is 23.4. The lowest BCUT2D eigenvalue weighted by Crippen LogP contribution is -2.14. The van der Waals surface area contributed by atoms with Crippen molar-refractivity contribution in [2.24, 2.45) is 0 Å². The Balaban J connectivity index is 4.36. The topological polar surface area (TPSA) is 9.23 Å². The van der Waals surface area contributed by atoms with Crippen molar-refractivity contribution in [3.05, 3.63) is 69.9 Å². The Bertz CT molecular complexity index is 654. The Hall–Kier alpha value is -1.60. The van der Waals surface area contributed by atoms with E-state index in [1.54, 1.807) is 0 Å². The monoisotopic (exact) mass is 454 g/mol. The van der Waals surface area contributed by atoms with Crippen LogP contribution < -0.4 is 0 Å². The van der Waals surface area contributed by atoms with E-state index in [0.717, 1.165) is 38.5 Å². The zero-order valence-electron chi connectivity index (χ0n) is 23.7. The van der Waals surface area contributed by atoms with Gasteiger partial charge in [-0.25, -0.2) is 0 Å². The van der Waals surface area contributed by atoms with Crippen LogP contribution in [0.15, 0.2) is 69.9 Å². The zero-order chi connectivity index (χ0) is 25.2. The molecular formula is C32H54O. The molecule has 0 aliphatic carbocycles. The van der Waals surface area contributed by atoms with Crippen molar-refractivity contribution in [3.8, 4) is 0 Å². The molecule has 0 radical (unpaired) electrons. The number of allylic oxidation sites excluding steroid dienone is 10. The van der Waals surface area contributed by atoms with Crippen LogP contribution >= 0.6 is 0 Å². The van der Waals surface area contributed by atoms with E-state index in [2.05, 4.69) is 106 Å². The zero-order valence-corrected chi connectivity index (χ0v) is 23.7. The Labute approximate surface area is 207 Å². The Morgan fingerprint density at radius 1 is 0.485 bits per heavy atom. The minimum absolute atomic E-state index is 0.143. The molecule has 0 saturated heterocycles. The van der Waals surface area contributed by atoms with Crippen LogP contribution in [0.1, 0.15) is 121 Å². The maximum atomic E-state index is 6.20. The maximum Gasteiger partial charge on any atom is 0.0738 e. The normalized spacial score (nSPS) is 15.3. The second-order valence-electron chi connectivity index (χ2n) is 10.4. The van der Waals surface area contributed by atoms with Gasteiger partial charge in [0.1, 0.15) is 0 Å². The summed E-state index contributed by atoms with van der Waals surface area (Å²) in [6.45, 7) is 21.9. The standard InChI is InChI=1S/C32H54O/c1-25(2)15-11-17-27(5)19-13-21-29(7)23-31(9)33-32(10)24-30(8)22-14-20-28(6)18-12-16-26(3)4/h15-16,19-20,23-24,31-32H,11-14,17-18,21-22H2,1-10H3/b27-19+,28-20+,29-23+,30-24+. The molecule has 0 aromatic rings. The van der Waals surface area contributed by atoms with Gasteiger partial charge in [0.2, 0.25) is 0 Å². The number of rotatable bonds is 16. The molecule has 0 bridgehead atoms. The van der Waals surface area contributed by atoms with E-state index in [9.17, 15) is 0 Å². The van der Waals surface area contributed by atoms with Gasteiger partial charge in [0.05, 0.1) is 12.2 Å². The van der Waals surface area contributed by atoms with E-state index in [4.69, 9.17) is 4.74 Å². The van der Waals surface area contributed by atoms with E-state index < -0.39 is 0 Å². The predicted molar refractivity (Wildman–Crippen MR) is 151 cm³/mol. The summed E-state index contributed by atoms with van der Waals surface area (Å²) in [4.78, 5) is 0. The van der Waals surface area contributed by atoms with Crippen LogP contribution in [0.3, 0.4) is 0 Å². The second-order valence-corrected chi connectivity index (χ2v) is 10.4. The van der Waals surface area contributed by atoms with Gasteiger partial charge >= 0.3 is 0 Å². The lowest BCUT2D eigenvalue weighted by atomic mass is 10.1. The molecule has 0 N–H and O–H groups in total. The van der Waals surface area contributed by atoms with E-state index in [1.807, 2.05) is 0 Å². The molecule has 0 aromatic carbocycles. The maximum absolute atomic E-state index is 6.20. The van der Waals surface area contributed by atoms with Gasteiger partial charge in [0.15, 0.2) is 0 Å². The molecule has 33 heavy (non-hydrogen) atoms. The molecule has 0 spiro atoms. The Morgan fingerprint density at radius 2 is 0.788 bits per heavy atom. The summed E-state index contributed by atoms with van der Waals surface area (Å²) < 4.78 is 6.20. The van der Waals surface area contributed by atoms with Crippen molar-refractivity contribution < 1.29 is 4.74 Å². The highest BCUT2D eigenvalue weighted by Gasteiger charge is 2.05. The summed E-state index contributed by atoms with van der Waals surface area (Å²) in [7, 11) is 0. The molecule has 1 heteroatoms. The van der Waals surface area contributed by atoms with Crippen molar-refractivity contribution in [1.82, 2.24) is 0 Å². The van der Waals surface area contributed by atoms with Crippen LogP contribution in [-0.4, -0.2) is 12.2 Å². The SMILES string of the molecule is CC(C)=CCC/C(C)=C/CC/C(C)=C/C(C)OC(C)/C=C(\C)CC/C=C(\C)CCC=C(C)C. The highest BCUT2D eigenvalue weighted by atomic mass is 16.5. The van der Waals surface area contributed by atoms with Crippen molar-refractivity contribution in [1.29, 1.82) is 0 Å². The number of hydrogen-bond donors (Lipinski definition) is 0. The molecule has 0 fully saturated rings. The molecule has 0 aliphatic rings. The van der Waals surface area contributed by atoms with E-state index >= 15 is 0 Å². The molecule has 0 amide bonds. The molecule has 0 aromatic heterocycles. The first-order valence-electron chi connectivity index (χ1n) is 13.1. The third kappa shape index (κ3) is 20.7. The first-order valence-corrected chi connectivity index (χ1v) is 13.1. The Morgan fingerprint density at radius 3 is 1.12 bits per heavy atom. The van der Waals surface area contributed by atoms with Crippen molar-refractivity contribution >= 4 is 0 Å². The number of ether oxygens (including phenoxy) is 1. The fourth-order valence-corrected chi connectivity index (χ4v) is 3.86. The van der Waals surface area contributed by atoms with Gasteiger partial charge in [-0.15, -0.1) is 0 Å². The summed E-state index contributed by atoms with van der Waals surface area (Å²) >= 11 is 0. The van der Waals surface area contributed by atoms with Crippen molar-refractivity contribution in [2.75, 3.05) is 0 Å². The van der Waals surface area contributed by atoms with E-state index in [1.165, 1.54) is 46.3 Å². The van der Waals surface area contributed by atoms with Crippen LogP contribution in [-0.2, 0) is 4.74 Å². The van der Waals surface area contributed by atoms with Gasteiger partial charge in [-0.1, -0.05) is 69.9 Å². The van der Waals surface area contributed by atoms with E-state index in [-0.39, 0.29) is 12.2 Å². The van der Waals surface area contributed by atoms with Gasteiger partial charge in [0.25, 0.3) is 0 Å². The third-order valence-electron chi connectivity index (χ3n) is 5.71. The Kier molecular flexibility index (Phi) is 17.9. The minimum Gasteiger partial charge on any atom is -0.367 e. The van der Waals surface area contributed by atoms with Gasteiger partial charge in [-0.05, 0) is 121 Å². The van der Waals surface area contributed by atoms with Gasteiger partial charge in [-0.3, -0.25) is 0 Å². The average molecular weight is 455 g/mol. The average Bonchev–Trinajstić information content (AvgIpc) is 2.66. The van der Waals surface area contributed by atoms with Crippen molar-refractivity contribution in [3.63, 3.8) is 0 Å². The molecule has 2 unspecified atom stereocenters. The molecule has 0 aliphatic heterocycles. The molecule has 2 atom stereocenters. The van der Waals surface area contributed by atoms with Crippen LogP contribution in [0.25, 0.3) is 0 Å². The second kappa shape index (κ2) is 18.8. The quantitative estimate of drug-likeness (QED) is 0.211. The summed E-state index contributed by atoms with van der Waals surface area (Å²) in [5.74, 6) is 0. The van der Waals surface area contributed by atoms with E-state index in [0.29, 0.717) is 0 Å². The smallest absolute Gasteiger partial charge is 0.0738 e. The lowest BCUT2D eigenvalue weighted by Gasteiger charge is -2.16. The van der Waals surface area contributed by atoms with Crippen LogP contribution in [0.2, 0.25) is 0 Å². The molecule has 0 rings (SSSR count). The highest BCUT2D eigenvalue weighted by molar-refractivity contribution is 5.09. The predicted octanol–water partition coefficient (Wildman–Crippen LogP) is 10.6. The fourth-order valence-electron chi connectivity index (χ4n) is 3.86.